The van der Waals surface area contributed by atoms with E-state index in [1.807, 2.05) is 0 Å². The lowest BCUT2D eigenvalue weighted by atomic mass is 9.97. The smallest absolute Gasteiger partial charge is 0.0978 e. The monoisotopic (exact) mass is 136 g/mol. The van der Waals surface area contributed by atoms with E-state index < -0.39 is 0 Å². The number of rotatable bonds is 0. The van der Waals surface area contributed by atoms with Crippen LogP contribution in [0.3, 0.4) is 0 Å². The summed E-state index contributed by atoms with van der Waals surface area (Å²) in [5, 5.41) is 8.72. The Bertz CT molecular complexity index is 171. The van der Waals surface area contributed by atoms with E-state index in [0.717, 1.165) is 12.3 Å². The van der Waals surface area contributed by atoms with Gasteiger partial charge in [-0.3, -0.25) is 4.90 Å². The fraction of sp³-hybridized carbons (Fsp3) is 0.875. The van der Waals surface area contributed by atoms with Gasteiger partial charge in [0.05, 0.1) is 12.1 Å². The highest BCUT2D eigenvalue weighted by Crippen LogP contribution is 2.30. The third-order valence-electron chi connectivity index (χ3n) is 2.76. The van der Waals surface area contributed by atoms with Crippen LogP contribution in [0.25, 0.3) is 0 Å². The second-order valence-electron chi connectivity index (χ2n) is 3.37. The Kier molecular flexibility index (Phi) is 1.39. The molecule has 2 saturated heterocycles. The molecular weight excluding hydrogens is 124 g/mol. The highest BCUT2D eigenvalue weighted by Gasteiger charge is 2.32. The lowest BCUT2D eigenvalue weighted by Crippen LogP contribution is -2.35. The van der Waals surface area contributed by atoms with Gasteiger partial charge in [0.25, 0.3) is 0 Å². The predicted octanol–water partition coefficient (Wildman–Crippen LogP) is 0.994. The molecule has 0 aromatic rings. The maximum atomic E-state index is 8.72. The first-order valence-electron chi connectivity index (χ1n) is 4.04. The molecule has 3 atom stereocenters. The summed E-state index contributed by atoms with van der Waals surface area (Å²) in [6.45, 7) is 2.36. The van der Waals surface area contributed by atoms with Crippen molar-refractivity contribution in [3.8, 4) is 6.07 Å². The van der Waals surface area contributed by atoms with Crippen molar-refractivity contribution in [3.05, 3.63) is 0 Å². The summed E-state index contributed by atoms with van der Waals surface area (Å²) in [4.78, 5) is 2.33. The van der Waals surface area contributed by atoms with Crippen LogP contribution in [0.4, 0.5) is 0 Å². The zero-order valence-corrected chi connectivity index (χ0v) is 6.08. The molecule has 0 aliphatic carbocycles. The van der Waals surface area contributed by atoms with Gasteiger partial charge in [-0.1, -0.05) is 0 Å². The summed E-state index contributed by atoms with van der Waals surface area (Å²) in [5.41, 5.74) is 0. The van der Waals surface area contributed by atoms with Gasteiger partial charge in [0, 0.05) is 6.54 Å². The minimum absolute atomic E-state index is 0.249. The molecule has 2 fully saturated rings. The normalized spacial score (nSPS) is 44.9. The molecule has 54 valence electrons. The Hall–Kier alpha value is -0.550. The number of nitrogens with zero attached hydrogens (tertiary/aromatic N) is 2. The number of hydrogen-bond donors (Lipinski definition) is 0. The number of hydrogen-bond acceptors (Lipinski definition) is 2. The topological polar surface area (TPSA) is 27.0 Å². The van der Waals surface area contributed by atoms with E-state index >= 15 is 0 Å². The molecule has 2 nitrogen and oxygen atoms in total. The predicted molar refractivity (Wildman–Crippen MR) is 38.3 cm³/mol. The standard InChI is InChI=1S/C8H12N2/c9-5-8-2-1-7-3-4-10(8)6-7/h7-8H,1-4,6H2. The fourth-order valence-corrected chi connectivity index (χ4v) is 2.10. The fourth-order valence-electron chi connectivity index (χ4n) is 2.10. The first-order valence-corrected chi connectivity index (χ1v) is 4.04. The summed E-state index contributed by atoms with van der Waals surface area (Å²) in [6.07, 6.45) is 3.73. The van der Waals surface area contributed by atoms with Crippen molar-refractivity contribution in [1.82, 2.24) is 4.90 Å². The maximum Gasteiger partial charge on any atom is 0.0978 e. The summed E-state index contributed by atoms with van der Waals surface area (Å²) >= 11 is 0. The van der Waals surface area contributed by atoms with E-state index in [-0.39, 0.29) is 6.04 Å². The molecule has 10 heavy (non-hydrogen) atoms. The molecule has 2 rings (SSSR count). The summed E-state index contributed by atoms with van der Waals surface area (Å²) in [6, 6.07) is 2.61. The van der Waals surface area contributed by atoms with Crippen LogP contribution in [0.5, 0.6) is 0 Å². The number of piperidine rings is 1. The van der Waals surface area contributed by atoms with Gasteiger partial charge in [-0.15, -0.1) is 0 Å². The van der Waals surface area contributed by atoms with Crippen LogP contribution in [0, 0.1) is 17.2 Å². The average molecular weight is 136 g/mol. The van der Waals surface area contributed by atoms with Crippen molar-refractivity contribution < 1.29 is 0 Å². The third kappa shape index (κ3) is 0.819. The first-order chi connectivity index (χ1) is 4.90. The lowest BCUT2D eigenvalue weighted by molar-refractivity contribution is 0.222. The molecule has 0 aromatic carbocycles. The Morgan fingerprint density at radius 3 is 3.00 bits per heavy atom. The zero-order chi connectivity index (χ0) is 6.97. The Morgan fingerprint density at radius 2 is 2.20 bits per heavy atom. The van der Waals surface area contributed by atoms with Gasteiger partial charge in [0.1, 0.15) is 0 Å². The van der Waals surface area contributed by atoms with Crippen molar-refractivity contribution in [2.75, 3.05) is 13.1 Å². The van der Waals surface area contributed by atoms with Crippen LogP contribution in [-0.2, 0) is 0 Å². The molecule has 0 amide bonds. The van der Waals surface area contributed by atoms with E-state index in [1.165, 1.54) is 25.9 Å². The molecule has 2 aliphatic heterocycles. The van der Waals surface area contributed by atoms with Crippen molar-refractivity contribution >= 4 is 0 Å². The molecule has 0 saturated carbocycles. The highest BCUT2D eigenvalue weighted by atomic mass is 15.2. The molecule has 0 N–H and O–H groups in total. The maximum absolute atomic E-state index is 8.72. The summed E-state index contributed by atoms with van der Waals surface area (Å²) < 4.78 is 0. The molecule has 2 heteroatoms. The number of nitriles is 1. The molecule has 0 aromatic heterocycles. The molecule has 2 aliphatic rings. The minimum Gasteiger partial charge on any atom is -0.288 e. The molecule has 2 bridgehead atoms. The van der Waals surface area contributed by atoms with Gasteiger partial charge in [-0.05, 0) is 31.7 Å². The quantitative estimate of drug-likeness (QED) is 0.496. The SMILES string of the molecule is N#CC1CCC2CCN1C2. The second-order valence-corrected chi connectivity index (χ2v) is 3.37. The van der Waals surface area contributed by atoms with Gasteiger partial charge in [-0.2, -0.15) is 5.26 Å². The van der Waals surface area contributed by atoms with Crippen molar-refractivity contribution in [2.24, 2.45) is 5.92 Å². The van der Waals surface area contributed by atoms with Gasteiger partial charge in [0.15, 0.2) is 0 Å². The van der Waals surface area contributed by atoms with Crippen LogP contribution in [0.2, 0.25) is 0 Å². The minimum atomic E-state index is 0.249. The zero-order valence-electron chi connectivity index (χ0n) is 6.08. The van der Waals surface area contributed by atoms with Gasteiger partial charge >= 0.3 is 0 Å². The lowest BCUT2D eigenvalue weighted by Gasteiger charge is -2.26. The van der Waals surface area contributed by atoms with E-state index in [4.69, 9.17) is 5.26 Å². The largest absolute Gasteiger partial charge is 0.288 e. The van der Waals surface area contributed by atoms with Gasteiger partial charge in [0.2, 0.25) is 0 Å². The van der Waals surface area contributed by atoms with Crippen molar-refractivity contribution in [2.45, 2.75) is 25.3 Å². The summed E-state index contributed by atoms with van der Waals surface area (Å²) in [5.74, 6) is 0.921. The van der Waals surface area contributed by atoms with E-state index in [2.05, 4.69) is 11.0 Å². The van der Waals surface area contributed by atoms with Gasteiger partial charge in [-0.25, -0.2) is 0 Å². The van der Waals surface area contributed by atoms with E-state index in [0.29, 0.717) is 0 Å². The number of fused-ring (bicyclic) bond motifs is 2. The molecular formula is C8H12N2. The average Bonchev–Trinajstić information content (AvgIpc) is 2.34. The van der Waals surface area contributed by atoms with Crippen LogP contribution in [-0.4, -0.2) is 24.0 Å². The Labute approximate surface area is 61.4 Å². The van der Waals surface area contributed by atoms with E-state index in [1.54, 1.807) is 0 Å². The molecule has 2 heterocycles. The van der Waals surface area contributed by atoms with Crippen LogP contribution in [0.15, 0.2) is 0 Å². The molecule has 3 unspecified atom stereocenters. The van der Waals surface area contributed by atoms with Gasteiger partial charge < -0.3 is 0 Å². The van der Waals surface area contributed by atoms with Crippen molar-refractivity contribution in [3.63, 3.8) is 0 Å². The Morgan fingerprint density at radius 1 is 1.30 bits per heavy atom. The van der Waals surface area contributed by atoms with Crippen LogP contribution in [0.1, 0.15) is 19.3 Å². The second kappa shape index (κ2) is 2.25. The highest BCUT2D eigenvalue weighted by molar-refractivity contribution is 4.98. The molecule has 0 radical (unpaired) electrons. The van der Waals surface area contributed by atoms with Crippen molar-refractivity contribution in [1.29, 1.82) is 5.26 Å². The van der Waals surface area contributed by atoms with E-state index in [9.17, 15) is 0 Å². The first kappa shape index (κ1) is 6.18. The Balaban J connectivity index is 2.08. The third-order valence-corrected chi connectivity index (χ3v) is 2.76. The van der Waals surface area contributed by atoms with Crippen LogP contribution >= 0.6 is 0 Å². The molecule has 0 spiro atoms. The van der Waals surface area contributed by atoms with Crippen LogP contribution < -0.4 is 0 Å². The summed E-state index contributed by atoms with van der Waals surface area (Å²) in [7, 11) is 0.